The van der Waals surface area contributed by atoms with Crippen LogP contribution >= 0.6 is 0 Å². The Kier molecular flexibility index (Phi) is 5.98. The number of carbonyl (C=O) groups is 1. The van der Waals surface area contributed by atoms with Crippen molar-refractivity contribution in [3.05, 3.63) is 72.1 Å². The number of aromatic nitrogens is 2. The van der Waals surface area contributed by atoms with Crippen molar-refractivity contribution in [2.75, 3.05) is 38.2 Å². The van der Waals surface area contributed by atoms with Gasteiger partial charge in [-0.15, -0.1) is 0 Å². The highest BCUT2D eigenvalue weighted by atomic mass is 19.4. The molecule has 0 atom stereocenters. The summed E-state index contributed by atoms with van der Waals surface area (Å²) in [5, 5.41) is 0. The van der Waals surface area contributed by atoms with Crippen LogP contribution in [0.4, 0.5) is 19.0 Å². The Hall–Kier alpha value is -3.62. The van der Waals surface area contributed by atoms with Crippen molar-refractivity contribution in [2.24, 2.45) is 0 Å². The predicted octanol–water partition coefficient (Wildman–Crippen LogP) is 4.13. The van der Waals surface area contributed by atoms with Crippen LogP contribution in [0.5, 0.6) is 5.75 Å². The van der Waals surface area contributed by atoms with Crippen LogP contribution in [0, 0.1) is 0 Å². The molecule has 1 aromatic heterocycles. The molecular formula is C23H21F3N4O2. The van der Waals surface area contributed by atoms with Crippen molar-refractivity contribution >= 4 is 11.7 Å². The number of hydrogen-bond donors (Lipinski definition) is 0. The summed E-state index contributed by atoms with van der Waals surface area (Å²) >= 11 is 0. The van der Waals surface area contributed by atoms with E-state index in [1.54, 1.807) is 7.11 Å². The number of anilines is 1. The summed E-state index contributed by atoms with van der Waals surface area (Å²) in [7, 11) is 1.60. The Bertz CT molecular complexity index is 1090. The molecule has 2 heterocycles. The van der Waals surface area contributed by atoms with E-state index in [2.05, 4.69) is 9.97 Å². The van der Waals surface area contributed by atoms with E-state index in [4.69, 9.17) is 4.74 Å². The molecule has 1 aliphatic rings. The molecule has 32 heavy (non-hydrogen) atoms. The van der Waals surface area contributed by atoms with Gasteiger partial charge in [0.2, 0.25) is 0 Å². The normalized spacial score (nSPS) is 14.4. The number of benzene rings is 2. The van der Waals surface area contributed by atoms with Crippen LogP contribution in [-0.4, -0.2) is 54.1 Å². The van der Waals surface area contributed by atoms with Gasteiger partial charge in [-0.3, -0.25) is 4.79 Å². The smallest absolute Gasteiger partial charge is 0.417 e. The molecule has 1 saturated heterocycles. The molecule has 0 aliphatic carbocycles. The second-order valence-electron chi connectivity index (χ2n) is 7.31. The van der Waals surface area contributed by atoms with Crippen LogP contribution in [0.3, 0.4) is 0 Å². The Labute approximate surface area is 183 Å². The van der Waals surface area contributed by atoms with Gasteiger partial charge in [0.15, 0.2) is 0 Å². The molecule has 3 aromatic rings. The number of rotatable bonds is 4. The third-order valence-electron chi connectivity index (χ3n) is 5.39. The van der Waals surface area contributed by atoms with E-state index in [0.717, 1.165) is 23.1 Å². The van der Waals surface area contributed by atoms with Crippen molar-refractivity contribution in [2.45, 2.75) is 6.18 Å². The Morgan fingerprint density at radius 2 is 1.66 bits per heavy atom. The lowest BCUT2D eigenvalue weighted by Crippen LogP contribution is -2.49. The Morgan fingerprint density at radius 3 is 2.31 bits per heavy atom. The molecular weight excluding hydrogens is 421 g/mol. The van der Waals surface area contributed by atoms with Crippen LogP contribution in [0.25, 0.3) is 11.3 Å². The van der Waals surface area contributed by atoms with Crippen molar-refractivity contribution in [1.29, 1.82) is 0 Å². The average molecular weight is 442 g/mol. The maximum absolute atomic E-state index is 13.3. The van der Waals surface area contributed by atoms with Crippen LogP contribution in [-0.2, 0) is 6.18 Å². The maximum Gasteiger partial charge on any atom is 0.417 e. The summed E-state index contributed by atoms with van der Waals surface area (Å²) in [5.41, 5.74) is 0.423. The van der Waals surface area contributed by atoms with Gasteiger partial charge in [0.05, 0.1) is 23.9 Å². The van der Waals surface area contributed by atoms with E-state index in [-0.39, 0.29) is 5.56 Å². The molecule has 1 amide bonds. The van der Waals surface area contributed by atoms with Crippen LogP contribution in [0.15, 0.2) is 60.9 Å². The second-order valence-corrected chi connectivity index (χ2v) is 7.31. The number of amides is 1. The monoisotopic (exact) mass is 442 g/mol. The van der Waals surface area contributed by atoms with Crippen molar-refractivity contribution in [1.82, 2.24) is 14.9 Å². The topological polar surface area (TPSA) is 58.6 Å². The minimum absolute atomic E-state index is 0.299. The molecule has 1 aliphatic heterocycles. The largest absolute Gasteiger partial charge is 0.497 e. The molecule has 4 rings (SSSR count). The lowest BCUT2D eigenvalue weighted by molar-refractivity contribution is -0.138. The zero-order valence-corrected chi connectivity index (χ0v) is 17.3. The highest BCUT2D eigenvalue weighted by Gasteiger charge is 2.36. The quantitative estimate of drug-likeness (QED) is 0.608. The Morgan fingerprint density at radius 1 is 0.969 bits per heavy atom. The van der Waals surface area contributed by atoms with Gasteiger partial charge in [0, 0.05) is 37.8 Å². The summed E-state index contributed by atoms with van der Waals surface area (Å²) < 4.78 is 45.0. The fraction of sp³-hybridized carbons (Fsp3) is 0.261. The van der Waals surface area contributed by atoms with Gasteiger partial charge >= 0.3 is 6.18 Å². The molecule has 2 aromatic carbocycles. The van der Waals surface area contributed by atoms with Crippen LogP contribution < -0.4 is 9.64 Å². The molecule has 0 N–H and O–H groups in total. The first-order chi connectivity index (χ1) is 15.4. The number of nitrogens with zero attached hydrogens (tertiary/aromatic N) is 4. The lowest BCUT2D eigenvalue weighted by atomic mass is 10.1. The molecule has 0 bridgehead atoms. The van der Waals surface area contributed by atoms with E-state index in [9.17, 15) is 18.0 Å². The number of methoxy groups -OCH3 is 1. The zero-order chi connectivity index (χ0) is 22.7. The predicted molar refractivity (Wildman–Crippen MR) is 114 cm³/mol. The van der Waals surface area contributed by atoms with Crippen molar-refractivity contribution < 1.29 is 22.7 Å². The minimum atomic E-state index is -4.58. The molecule has 0 radical (unpaired) electrons. The fourth-order valence-corrected chi connectivity index (χ4v) is 3.67. The minimum Gasteiger partial charge on any atom is -0.497 e. The van der Waals surface area contributed by atoms with Crippen molar-refractivity contribution in [3.63, 3.8) is 0 Å². The highest BCUT2D eigenvalue weighted by Crippen LogP contribution is 2.32. The van der Waals surface area contributed by atoms with Crippen LogP contribution in [0.1, 0.15) is 15.9 Å². The highest BCUT2D eigenvalue weighted by molar-refractivity contribution is 5.96. The Balaban J connectivity index is 1.46. The van der Waals surface area contributed by atoms with Gasteiger partial charge in [-0.2, -0.15) is 13.2 Å². The number of alkyl halides is 3. The number of halogens is 3. The first-order valence-electron chi connectivity index (χ1n) is 10.0. The molecule has 0 saturated carbocycles. The summed E-state index contributed by atoms with van der Waals surface area (Å²) in [6.45, 7) is 1.51. The number of ether oxygens (including phenoxy) is 1. The molecule has 166 valence electrons. The molecule has 1 fully saturated rings. The molecule has 0 unspecified atom stereocenters. The molecule has 9 heteroatoms. The maximum atomic E-state index is 13.3. The van der Waals surface area contributed by atoms with Crippen LogP contribution in [0.2, 0.25) is 0 Å². The van der Waals surface area contributed by atoms with Crippen molar-refractivity contribution in [3.8, 4) is 17.0 Å². The lowest BCUT2D eigenvalue weighted by Gasteiger charge is -2.35. The van der Waals surface area contributed by atoms with E-state index >= 15 is 0 Å². The summed E-state index contributed by atoms with van der Waals surface area (Å²) in [6, 6.07) is 14.2. The summed E-state index contributed by atoms with van der Waals surface area (Å²) in [4.78, 5) is 24.9. The number of hydrogen-bond acceptors (Lipinski definition) is 5. The van der Waals surface area contributed by atoms with Gasteiger partial charge in [-0.05, 0) is 36.4 Å². The SMILES string of the molecule is COc1ccc(-c2cc(N3CCN(C(=O)c4ccccc4C(F)(F)F)CC3)ncn2)cc1. The third kappa shape index (κ3) is 4.51. The van der Waals surface area contributed by atoms with E-state index in [0.29, 0.717) is 32.0 Å². The zero-order valence-electron chi connectivity index (χ0n) is 17.3. The van der Waals surface area contributed by atoms with E-state index in [1.807, 2.05) is 35.2 Å². The van der Waals surface area contributed by atoms with Gasteiger partial charge in [0.1, 0.15) is 17.9 Å². The second kappa shape index (κ2) is 8.86. The van der Waals surface area contributed by atoms with E-state index < -0.39 is 17.6 Å². The summed E-state index contributed by atoms with van der Waals surface area (Å²) in [5.74, 6) is 0.837. The molecule has 0 spiro atoms. The summed E-state index contributed by atoms with van der Waals surface area (Å²) in [6.07, 6.45) is -3.10. The van der Waals surface area contributed by atoms with Gasteiger partial charge in [-0.1, -0.05) is 12.1 Å². The standard InChI is InChI=1S/C23H21F3N4O2/c1-32-17-8-6-16(7-9-17)20-14-21(28-15-27-20)29-10-12-30(13-11-29)22(31)18-4-2-3-5-19(18)23(24,25)26/h2-9,14-15H,10-13H2,1H3. The van der Waals surface area contributed by atoms with Gasteiger partial charge < -0.3 is 14.5 Å². The number of carbonyl (C=O) groups excluding carboxylic acids is 1. The average Bonchev–Trinajstić information content (AvgIpc) is 2.83. The van der Waals surface area contributed by atoms with Gasteiger partial charge in [-0.25, -0.2) is 9.97 Å². The first kappa shape index (κ1) is 21.6. The van der Waals surface area contributed by atoms with Gasteiger partial charge in [0.25, 0.3) is 5.91 Å². The fourth-order valence-electron chi connectivity index (χ4n) is 3.67. The molecule has 6 nitrogen and oxygen atoms in total. The first-order valence-corrected chi connectivity index (χ1v) is 10.0. The van der Waals surface area contributed by atoms with E-state index in [1.165, 1.54) is 29.4 Å². The third-order valence-corrected chi connectivity index (χ3v) is 5.39. The number of piperazine rings is 1.